The highest BCUT2D eigenvalue weighted by molar-refractivity contribution is 5.81. The van der Waals surface area contributed by atoms with Crippen molar-refractivity contribution in [1.29, 1.82) is 5.26 Å². The van der Waals surface area contributed by atoms with Crippen LogP contribution in [0.4, 0.5) is 0 Å². The highest BCUT2D eigenvalue weighted by Crippen LogP contribution is 2.35. The van der Waals surface area contributed by atoms with Crippen LogP contribution in [0.15, 0.2) is 29.8 Å². The third-order valence-electron chi connectivity index (χ3n) is 3.78. The topological polar surface area (TPSA) is 23.8 Å². The SMILES string of the molecule is Cc1ccccc1C(C#N)=C1CCCCC1C. The van der Waals surface area contributed by atoms with Crippen molar-refractivity contribution in [2.45, 2.75) is 39.5 Å². The van der Waals surface area contributed by atoms with E-state index in [0.29, 0.717) is 5.92 Å². The second-order valence-electron chi connectivity index (χ2n) is 4.97. The Morgan fingerprint density at radius 1 is 1.29 bits per heavy atom. The van der Waals surface area contributed by atoms with Crippen molar-refractivity contribution in [2.24, 2.45) is 5.92 Å². The molecule has 0 saturated heterocycles. The molecule has 1 nitrogen and oxygen atoms in total. The summed E-state index contributed by atoms with van der Waals surface area (Å²) in [6.07, 6.45) is 4.86. The van der Waals surface area contributed by atoms with Gasteiger partial charge in [0.2, 0.25) is 0 Å². The number of rotatable bonds is 1. The van der Waals surface area contributed by atoms with E-state index in [9.17, 15) is 5.26 Å². The van der Waals surface area contributed by atoms with Crippen LogP contribution in [0.2, 0.25) is 0 Å². The standard InChI is InChI=1S/C16H19N/c1-12-7-3-5-9-14(12)16(11-17)15-10-6-4-8-13(15)2/h3,5,7,9,13H,4,6,8,10H2,1-2H3. The maximum absolute atomic E-state index is 9.47. The number of benzene rings is 1. The Labute approximate surface area is 104 Å². The molecule has 0 aliphatic heterocycles. The van der Waals surface area contributed by atoms with Crippen LogP contribution in [0.1, 0.15) is 43.7 Å². The van der Waals surface area contributed by atoms with Crippen molar-refractivity contribution in [3.63, 3.8) is 0 Å². The largest absolute Gasteiger partial charge is 0.192 e. The minimum absolute atomic E-state index is 0.568. The molecule has 17 heavy (non-hydrogen) atoms. The van der Waals surface area contributed by atoms with Gasteiger partial charge in [0.25, 0.3) is 0 Å². The zero-order valence-corrected chi connectivity index (χ0v) is 10.7. The van der Waals surface area contributed by atoms with Gasteiger partial charge in [0, 0.05) is 0 Å². The van der Waals surface area contributed by atoms with Crippen LogP contribution < -0.4 is 0 Å². The van der Waals surface area contributed by atoms with Gasteiger partial charge in [-0.15, -0.1) is 0 Å². The van der Waals surface area contributed by atoms with Crippen LogP contribution in [-0.2, 0) is 0 Å². The Hall–Kier alpha value is -1.55. The van der Waals surface area contributed by atoms with E-state index in [1.807, 2.05) is 12.1 Å². The quantitative estimate of drug-likeness (QED) is 0.646. The summed E-state index contributed by atoms with van der Waals surface area (Å²) in [5, 5.41) is 9.47. The predicted octanol–water partition coefficient (Wildman–Crippen LogP) is 4.48. The lowest BCUT2D eigenvalue weighted by molar-refractivity contribution is 0.486. The van der Waals surface area contributed by atoms with Gasteiger partial charge in [-0.2, -0.15) is 5.26 Å². The smallest absolute Gasteiger partial charge is 0.0997 e. The van der Waals surface area contributed by atoms with Crippen molar-refractivity contribution in [2.75, 3.05) is 0 Å². The van der Waals surface area contributed by atoms with Crippen molar-refractivity contribution in [3.8, 4) is 6.07 Å². The third-order valence-corrected chi connectivity index (χ3v) is 3.78. The second-order valence-corrected chi connectivity index (χ2v) is 4.97. The predicted molar refractivity (Wildman–Crippen MR) is 71.3 cm³/mol. The highest BCUT2D eigenvalue weighted by atomic mass is 14.3. The molecule has 0 N–H and O–H groups in total. The fourth-order valence-electron chi connectivity index (χ4n) is 2.72. The zero-order chi connectivity index (χ0) is 12.3. The van der Waals surface area contributed by atoms with Crippen LogP contribution in [0.5, 0.6) is 0 Å². The summed E-state index contributed by atoms with van der Waals surface area (Å²) in [6, 6.07) is 10.6. The molecule has 1 aromatic rings. The summed E-state index contributed by atoms with van der Waals surface area (Å²) in [5.41, 5.74) is 4.62. The molecule has 0 spiro atoms. The van der Waals surface area contributed by atoms with E-state index >= 15 is 0 Å². The Balaban J connectivity index is 2.50. The molecule has 1 heteroatoms. The zero-order valence-electron chi connectivity index (χ0n) is 10.7. The molecule has 1 fully saturated rings. The van der Waals surface area contributed by atoms with Crippen LogP contribution in [0.3, 0.4) is 0 Å². The normalized spacial score (nSPS) is 23.0. The summed E-state index contributed by atoms with van der Waals surface area (Å²) < 4.78 is 0. The Morgan fingerprint density at radius 2 is 2.06 bits per heavy atom. The van der Waals surface area contributed by atoms with Gasteiger partial charge >= 0.3 is 0 Å². The number of hydrogen-bond donors (Lipinski definition) is 0. The van der Waals surface area contributed by atoms with Crippen LogP contribution in [0.25, 0.3) is 5.57 Å². The molecule has 1 aromatic carbocycles. The molecule has 1 unspecified atom stereocenters. The first-order valence-corrected chi connectivity index (χ1v) is 6.43. The summed E-state index contributed by atoms with van der Waals surface area (Å²) in [7, 11) is 0. The Morgan fingerprint density at radius 3 is 2.71 bits per heavy atom. The molecule has 1 aliphatic carbocycles. The fourth-order valence-corrected chi connectivity index (χ4v) is 2.72. The molecular formula is C16H19N. The molecule has 0 aromatic heterocycles. The van der Waals surface area contributed by atoms with Gasteiger partial charge in [0.15, 0.2) is 0 Å². The van der Waals surface area contributed by atoms with E-state index in [1.165, 1.54) is 30.4 Å². The van der Waals surface area contributed by atoms with E-state index in [4.69, 9.17) is 0 Å². The summed E-state index contributed by atoms with van der Waals surface area (Å²) in [4.78, 5) is 0. The van der Waals surface area contributed by atoms with E-state index in [0.717, 1.165) is 17.6 Å². The average Bonchev–Trinajstić information content (AvgIpc) is 2.34. The van der Waals surface area contributed by atoms with Gasteiger partial charge < -0.3 is 0 Å². The van der Waals surface area contributed by atoms with E-state index in [2.05, 4.69) is 32.0 Å². The van der Waals surface area contributed by atoms with Crippen molar-refractivity contribution in [1.82, 2.24) is 0 Å². The summed E-state index contributed by atoms with van der Waals surface area (Å²) >= 11 is 0. The molecule has 0 radical (unpaired) electrons. The van der Waals surface area contributed by atoms with E-state index in [-0.39, 0.29) is 0 Å². The van der Waals surface area contributed by atoms with Crippen LogP contribution in [-0.4, -0.2) is 0 Å². The first-order chi connectivity index (χ1) is 8.24. The van der Waals surface area contributed by atoms with Gasteiger partial charge in [-0.25, -0.2) is 0 Å². The van der Waals surface area contributed by atoms with E-state index < -0.39 is 0 Å². The minimum Gasteiger partial charge on any atom is -0.192 e. The molecule has 0 bridgehead atoms. The number of allylic oxidation sites excluding steroid dienone is 2. The van der Waals surface area contributed by atoms with E-state index in [1.54, 1.807) is 0 Å². The minimum atomic E-state index is 0.568. The lowest BCUT2D eigenvalue weighted by Gasteiger charge is -2.23. The highest BCUT2D eigenvalue weighted by Gasteiger charge is 2.19. The summed E-state index contributed by atoms with van der Waals surface area (Å²) in [5.74, 6) is 0.568. The molecule has 88 valence electrons. The number of hydrogen-bond acceptors (Lipinski definition) is 1. The molecule has 1 saturated carbocycles. The monoisotopic (exact) mass is 225 g/mol. The number of nitrogens with zero attached hydrogens (tertiary/aromatic N) is 1. The number of nitriles is 1. The van der Waals surface area contributed by atoms with Crippen molar-refractivity contribution < 1.29 is 0 Å². The Kier molecular flexibility index (Phi) is 3.64. The first-order valence-electron chi connectivity index (χ1n) is 6.43. The molecule has 0 heterocycles. The maximum atomic E-state index is 9.47. The summed E-state index contributed by atoms with van der Waals surface area (Å²) in [6.45, 7) is 4.34. The maximum Gasteiger partial charge on any atom is 0.0997 e. The molecule has 2 rings (SSSR count). The molecule has 1 aliphatic rings. The third kappa shape index (κ3) is 2.42. The van der Waals surface area contributed by atoms with Gasteiger partial charge in [0.05, 0.1) is 11.6 Å². The molecular weight excluding hydrogens is 206 g/mol. The van der Waals surface area contributed by atoms with Crippen LogP contribution in [0, 0.1) is 24.2 Å². The lowest BCUT2D eigenvalue weighted by Crippen LogP contribution is -2.08. The van der Waals surface area contributed by atoms with Gasteiger partial charge in [-0.1, -0.05) is 37.6 Å². The van der Waals surface area contributed by atoms with Gasteiger partial charge in [-0.05, 0) is 48.8 Å². The van der Waals surface area contributed by atoms with Gasteiger partial charge in [-0.3, -0.25) is 0 Å². The lowest BCUT2D eigenvalue weighted by atomic mass is 9.81. The molecule has 1 atom stereocenters. The van der Waals surface area contributed by atoms with Gasteiger partial charge in [0.1, 0.15) is 0 Å². The first kappa shape index (κ1) is 11.9. The Bertz CT molecular complexity index is 477. The molecule has 0 amide bonds. The van der Waals surface area contributed by atoms with Crippen molar-refractivity contribution >= 4 is 5.57 Å². The fraction of sp³-hybridized carbons (Fsp3) is 0.438. The van der Waals surface area contributed by atoms with Crippen LogP contribution >= 0.6 is 0 Å². The number of aryl methyl sites for hydroxylation is 1. The van der Waals surface area contributed by atoms with Crippen molar-refractivity contribution in [3.05, 3.63) is 41.0 Å². The second kappa shape index (κ2) is 5.19. The average molecular weight is 225 g/mol.